The Balaban J connectivity index is 0.000000331. The van der Waals surface area contributed by atoms with E-state index >= 15 is 0 Å². The molecule has 0 bridgehead atoms. The number of halogens is 1. The molecule has 1 rings (SSSR count). The number of quaternary nitrogens is 1. The molecule has 0 atom stereocenters. The molecule has 3 nitrogen and oxygen atoms in total. The Labute approximate surface area is 124 Å². The predicted molar refractivity (Wildman–Crippen MR) is 83.9 cm³/mol. The van der Waals surface area contributed by atoms with Crippen molar-refractivity contribution in [3.8, 4) is 0 Å². The largest absolute Gasteiger partial charge is 0.478 e. The average Bonchev–Trinajstić information content (AvgIpc) is 2.27. The van der Waals surface area contributed by atoms with Crippen molar-refractivity contribution >= 4 is 28.6 Å². The highest BCUT2D eigenvalue weighted by atomic mass is 127. The van der Waals surface area contributed by atoms with E-state index in [1.807, 2.05) is 0 Å². The molecule has 0 saturated heterocycles. The van der Waals surface area contributed by atoms with Crippen LogP contribution in [0.4, 0.5) is 0 Å². The standard InChI is InChI=1S/C7H5IO2.C7H18N/c8-6-3-1-5(2-4-6)7(9)10;1-5-6-7-8(2,3)4/h1-4H,(H,9,10);5-7H2,1-4H3/q;+1. The molecule has 0 saturated carbocycles. The molecule has 0 amide bonds. The Morgan fingerprint density at radius 2 is 1.72 bits per heavy atom. The van der Waals surface area contributed by atoms with Gasteiger partial charge in [-0.15, -0.1) is 0 Å². The summed E-state index contributed by atoms with van der Waals surface area (Å²) in [4.78, 5) is 10.3. The van der Waals surface area contributed by atoms with E-state index in [1.165, 1.54) is 19.4 Å². The molecule has 0 unspecified atom stereocenters. The molecular formula is C14H23INO2+. The first kappa shape index (κ1) is 17.4. The highest BCUT2D eigenvalue weighted by Gasteiger charge is 2.03. The lowest BCUT2D eigenvalue weighted by molar-refractivity contribution is -0.870. The first-order chi connectivity index (χ1) is 8.26. The normalized spacial score (nSPS) is 10.5. The van der Waals surface area contributed by atoms with E-state index in [4.69, 9.17) is 5.11 Å². The van der Waals surface area contributed by atoms with Crippen LogP contribution in [0, 0.1) is 3.57 Å². The fourth-order valence-corrected chi connectivity index (χ4v) is 1.58. The zero-order valence-corrected chi connectivity index (χ0v) is 13.8. The van der Waals surface area contributed by atoms with E-state index in [0.29, 0.717) is 5.56 Å². The van der Waals surface area contributed by atoms with Gasteiger partial charge in [-0.3, -0.25) is 0 Å². The van der Waals surface area contributed by atoms with Crippen molar-refractivity contribution in [3.63, 3.8) is 0 Å². The summed E-state index contributed by atoms with van der Waals surface area (Å²) in [5.74, 6) is -0.878. The molecule has 0 aliphatic rings. The number of rotatable bonds is 4. The van der Waals surface area contributed by atoms with Crippen molar-refractivity contribution in [1.82, 2.24) is 0 Å². The average molecular weight is 364 g/mol. The Morgan fingerprint density at radius 1 is 1.22 bits per heavy atom. The van der Waals surface area contributed by atoms with Gasteiger partial charge in [-0.1, -0.05) is 13.3 Å². The Morgan fingerprint density at radius 3 is 2.00 bits per heavy atom. The molecule has 4 heteroatoms. The number of hydrogen-bond donors (Lipinski definition) is 1. The van der Waals surface area contributed by atoms with E-state index < -0.39 is 5.97 Å². The van der Waals surface area contributed by atoms with E-state index in [0.717, 1.165) is 8.05 Å². The fraction of sp³-hybridized carbons (Fsp3) is 0.500. The first-order valence-electron chi connectivity index (χ1n) is 6.05. The third-order valence-electron chi connectivity index (χ3n) is 2.27. The number of hydrogen-bond acceptors (Lipinski definition) is 1. The summed E-state index contributed by atoms with van der Waals surface area (Å²) in [6.45, 7) is 3.53. The van der Waals surface area contributed by atoms with Crippen LogP contribution in [-0.4, -0.2) is 43.2 Å². The summed E-state index contributed by atoms with van der Waals surface area (Å²) in [6, 6.07) is 6.71. The predicted octanol–water partition coefficient (Wildman–Crippen LogP) is 3.48. The van der Waals surface area contributed by atoms with Gasteiger partial charge in [-0.25, -0.2) is 4.79 Å². The van der Waals surface area contributed by atoms with Crippen molar-refractivity contribution in [2.24, 2.45) is 0 Å². The van der Waals surface area contributed by atoms with Gasteiger partial charge in [0.15, 0.2) is 0 Å². The molecule has 102 valence electrons. The second-order valence-electron chi connectivity index (χ2n) is 5.18. The van der Waals surface area contributed by atoms with Crippen LogP contribution in [0.2, 0.25) is 0 Å². The summed E-state index contributed by atoms with van der Waals surface area (Å²) in [5.41, 5.74) is 0.334. The van der Waals surface area contributed by atoms with Gasteiger partial charge in [-0.05, 0) is 53.3 Å². The molecule has 0 aliphatic heterocycles. The summed E-state index contributed by atoms with van der Waals surface area (Å²) in [5, 5.41) is 8.47. The van der Waals surface area contributed by atoms with Crippen LogP contribution in [0.5, 0.6) is 0 Å². The molecule has 18 heavy (non-hydrogen) atoms. The molecule has 0 aromatic heterocycles. The van der Waals surface area contributed by atoms with Gasteiger partial charge in [0.05, 0.1) is 33.3 Å². The van der Waals surface area contributed by atoms with Crippen LogP contribution in [0.15, 0.2) is 24.3 Å². The van der Waals surface area contributed by atoms with Gasteiger partial charge in [0.2, 0.25) is 0 Å². The Hall–Kier alpha value is -0.620. The van der Waals surface area contributed by atoms with Gasteiger partial charge >= 0.3 is 5.97 Å². The first-order valence-corrected chi connectivity index (χ1v) is 7.13. The minimum absolute atomic E-state index is 0.334. The van der Waals surface area contributed by atoms with Crippen LogP contribution < -0.4 is 0 Å². The zero-order valence-electron chi connectivity index (χ0n) is 11.6. The lowest BCUT2D eigenvalue weighted by Gasteiger charge is -2.23. The maximum atomic E-state index is 10.3. The molecule has 0 radical (unpaired) electrons. The van der Waals surface area contributed by atoms with Crippen LogP contribution in [0.25, 0.3) is 0 Å². The van der Waals surface area contributed by atoms with Crippen LogP contribution in [-0.2, 0) is 0 Å². The molecule has 0 aliphatic carbocycles. The van der Waals surface area contributed by atoms with Crippen molar-refractivity contribution in [2.45, 2.75) is 19.8 Å². The Kier molecular flexibility index (Phi) is 8.18. The number of aromatic carboxylic acids is 1. The smallest absolute Gasteiger partial charge is 0.335 e. The molecule has 0 heterocycles. The third-order valence-corrected chi connectivity index (χ3v) is 2.99. The van der Waals surface area contributed by atoms with E-state index in [9.17, 15) is 4.79 Å². The van der Waals surface area contributed by atoms with Gasteiger partial charge in [-0.2, -0.15) is 0 Å². The molecule has 1 aromatic rings. The molecular weight excluding hydrogens is 341 g/mol. The molecule has 1 aromatic carbocycles. The van der Waals surface area contributed by atoms with E-state index in [2.05, 4.69) is 50.7 Å². The van der Waals surface area contributed by atoms with Gasteiger partial charge in [0, 0.05) is 3.57 Å². The quantitative estimate of drug-likeness (QED) is 0.656. The zero-order chi connectivity index (χ0) is 14.2. The number of benzene rings is 1. The minimum atomic E-state index is -0.878. The van der Waals surface area contributed by atoms with Crippen molar-refractivity contribution in [1.29, 1.82) is 0 Å². The lowest BCUT2D eigenvalue weighted by atomic mass is 10.2. The van der Waals surface area contributed by atoms with Crippen LogP contribution in [0.1, 0.15) is 30.1 Å². The van der Waals surface area contributed by atoms with Crippen LogP contribution >= 0.6 is 22.6 Å². The SMILES string of the molecule is CCCC[N+](C)(C)C.O=C(O)c1ccc(I)cc1. The second kappa shape index (κ2) is 8.48. The van der Waals surface area contributed by atoms with Crippen molar-refractivity contribution < 1.29 is 14.4 Å². The highest BCUT2D eigenvalue weighted by molar-refractivity contribution is 14.1. The van der Waals surface area contributed by atoms with Gasteiger partial charge in [0.1, 0.15) is 0 Å². The molecule has 0 fully saturated rings. The highest BCUT2D eigenvalue weighted by Crippen LogP contribution is 2.05. The number of unbranched alkanes of at least 4 members (excludes halogenated alkanes) is 1. The number of carboxylic acids is 1. The number of nitrogens with zero attached hydrogens (tertiary/aromatic N) is 1. The summed E-state index contributed by atoms with van der Waals surface area (Å²) in [7, 11) is 6.70. The summed E-state index contributed by atoms with van der Waals surface area (Å²) >= 11 is 2.13. The maximum Gasteiger partial charge on any atom is 0.335 e. The number of carboxylic acid groups (broad SMARTS) is 1. The maximum absolute atomic E-state index is 10.3. The second-order valence-corrected chi connectivity index (χ2v) is 6.43. The van der Waals surface area contributed by atoms with Crippen molar-refractivity contribution in [3.05, 3.63) is 33.4 Å². The van der Waals surface area contributed by atoms with Crippen molar-refractivity contribution in [2.75, 3.05) is 27.7 Å². The van der Waals surface area contributed by atoms with Gasteiger partial charge < -0.3 is 9.59 Å². The van der Waals surface area contributed by atoms with Gasteiger partial charge in [0.25, 0.3) is 0 Å². The van der Waals surface area contributed by atoms with E-state index in [-0.39, 0.29) is 0 Å². The topological polar surface area (TPSA) is 37.3 Å². The third kappa shape index (κ3) is 9.41. The summed E-state index contributed by atoms with van der Waals surface area (Å²) < 4.78 is 2.15. The fourth-order valence-electron chi connectivity index (χ4n) is 1.22. The Bertz CT molecular complexity index is 355. The van der Waals surface area contributed by atoms with E-state index in [1.54, 1.807) is 24.3 Å². The molecule has 0 spiro atoms. The lowest BCUT2D eigenvalue weighted by Crippen LogP contribution is -2.35. The molecule has 1 N–H and O–H groups in total. The summed E-state index contributed by atoms with van der Waals surface area (Å²) in [6.07, 6.45) is 2.67. The monoisotopic (exact) mass is 364 g/mol. The minimum Gasteiger partial charge on any atom is -0.478 e. The number of carbonyl (C=O) groups is 1. The van der Waals surface area contributed by atoms with Crippen LogP contribution in [0.3, 0.4) is 0 Å².